The number of hydrogen-bond donors (Lipinski definition) is 0. The smallest absolute Gasteiger partial charge is 0.338 e. The second-order valence-electron chi connectivity index (χ2n) is 5.06. The van der Waals surface area contributed by atoms with Crippen LogP contribution in [0, 0.1) is 0 Å². The first-order valence-electron chi connectivity index (χ1n) is 7.74. The number of rotatable bonds is 7. The maximum absolute atomic E-state index is 12.2. The topological polar surface area (TPSA) is 71.1 Å². The van der Waals surface area contributed by atoms with Crippen molar-refractivity contribution in [2.24, 2.45) is 0 Å². The molecule has 6 heteroatoms. The molecule has 0 aliphatic carbocycles. The number of benzene rings is 2. The molecule has 0 fully saturated rings. The second kappa shape index (κ2) is 8.73. The van der Waals surface area contributed by atoms with E-state index < -0.39 is 11.9 Å². The van der Waals surface area contributed by atoms with Crippen molar-refractivity contribution >= 4 is 11.9 Å². The Morgan fingerprint density at radius 2 is 1.56 bits per heavy atom. The van der Waals surface area contributed by atoms with Crippen molar-refractivity contribution in [3.05, 3.63) is 59.2 Å². The lowest BCUT2D eigenvalue weighted by atomic mass is 10.1. The zero-order chi connectivity index (χ0) is 18.2. The number of methoxy groups -OCH3 is 2. The summed E-state index contributed by atoms with van der Waals surface area (Å²) >= 11 is 0. The molecular formula is C19H20O6. The maximum Gasteiger partial charge on any atom is 0.338 e. The summed E-state index contributed by atoms with van der Waals surface area (Å²) in [6.07, 6.45) is 0. The molecule has 2 rings (SSSR count). The summed E-state index contributed by atoms with van der Waals surface area (Å²) in [7, 11) is 2.86. The van der Waals surface area contributed by atoms with E-state index in [1.54, 1.807) is 42.5 Å². The molecule has 25 heavy (non-hydrogen) atoms. The van der Waals surface area contributed by atoms with Gasteiger partial charge in [0.05, 0.1) is 32.0 Å². The first kappa shape index (κ1) is 18.3. The van der Waals surface area contributed by atoms with Crippen molar-refractivity contribution in [3.63, 3.8) is 0 Å². The van der Waals surface area contributed by atoms with Crippen molar-refractivity contribution in [1.29, 1.82) is 0 Å². The van der Waals surface area contributed by atoms with Gasteiger partial charge in [0.2, 0.25) is 0 Å². The Hall–Kier alpha value is -3.02. The minimum absolute atomic E-state index is 0.0935. The monoisotopic (exact) mass is 344 g/mol. The molecule has 0 unspecified atom stereocenters. The Bertz CT molecular complexity index is 736. The summed E-state index contributed by atoms with van der Waals surface area (Å²) in [6.45, 7) is 2.40. The first-order valence-corrected chi connectivity index (χ1v) is 7.74. The molecule has 0 saturated heterocycles. The Morgan fingerprint density at radius 3 is 2.16 bits per heavy atom. The molecule has 6 nitrogen and oxygen atoms in total. The molecule has 2 aromatic rings. The minimum Gasteiger partial charge on any atom is -0.493 e. The van der Waals surface area contributed by atoms with E-state index in [-0.39, 0.29) is 6.61 Å². The van der Waals surface area contributed by atoms with Gasteiger partial charge in [0.15, 0.2) is 11.5 Å². The normalized spacial score (nSPS) is 10.0. The predicted octanol–water partition coefficient (Wildman–Crippen LogP) is 3.24. The van der Waals surface area contributed by atoms with Gasteiger partial charge >= 0.3 is 11.9 Å². The summed E-state index contributed by atoms with van der Waals surface area (Å²) in [5.41, 5.74) is 1.57. The maximum atomic E-state index is 12.2. The van der Waals surface area contributed by atoms with Gasteiger partial charge in [-0.15, -0.1) is 0 Å². The SMILES string of the molecule is CCOc1cc(C(=O)OCc2ccc(C(=O)OC)cc2)ccc1OC. The molecule has 0 spiro atoms. The van der Waals surface area contributed by atoms with Gasteiger partial charge in [-0.05, 0) is 42.8 Å². The molecule has 0 bridgehead atoms. The third kappa shape index (κ3) is 4.73. The van der Waals surface area contributed by atoms with Gasteiger partial charge in [-0.1, -0.05) is 12.1 Å². The summed E-state index contributed by atoms with van der Waals surface area (Å²) in [6, 6.07) is 11.5. The van der Waals surface area contributed by atoms with Crippen molar-refractivity contribution in [2.45, 2.75) is 13.5 Å². The van der Waals surface area contributed by atoms with E-state index in [2.05, 4.69) is 4.74 Å². The van der Waals surface area contributed by atoms with E-state index >= 15 is 0 Å². The van der Waals surface area contributed by atoms with Crippen LogP contribution in [-0.2, 0) is 16.1 Å². The van der Waals surface area contributed by atoms with Crippen LogP contribution in [0.1, 0.15) is 33.2 Å². The van der Waals surface area contributed by atoms with Crippen LogP contribution in [0.3, 0.4) is 0 Å². The molecule has 0 aliphatic heterocycles. The highest BCUT2D eigenvalue weighted by Gasteiger charge is 2.13. The molecule has 0 atom stereocenters. The van der Waals surface area contributed by atoms with Crippen LogP contribution in [0.4, 0.5) is 0 Å². The largest absolute Gasteiger partial charge is 0.493 e. The fraction of sp³-hybridized carbons (Fsp3) is 0.263. The highest BCUT2D eigenvalue weighted by atomic mass is 16.5. The molecule has 0 amide bonds. The van der Waals surface area contributed by atoms with Crippen molar-refractivity contribution < 1.29 is 28.5 Å². The third-order valence-corrected chi connectivity index (χ3v) is 3.44. The molecule has 0 radical (unpaired) electrons. The van der Waals surface area contributed by atoms with Gasteiger partial charge in [-0.25, -0.2) is 9.59 Å². The van der Waals surface area contributed by atoms with Gasteiger partial charge in [-0.2, -0.15) is 0 Å². The van der Waals surface area contributed by atoms with Crippen LogP contribution >= 0.6 is 0 Å². The van der Waals surface area contributed by atoms with Crippen molar-refractivity contribution in [1.82, 2.24) is 0 Å². The lowest BCUT2D eigenvalue weighted by Crippen LogP contribution is -2.07. The summed E-state index contributed by atoms with van der Waals surface area (Å²) < 4.78 is 20.6. The average molecular weight is 344 g/mol. The quantitative estimate of drug-likeness (QED) is 0.718. The summed E-state index contributed by atoms with van der Waals surface area (Å²) in [5.74, 6) is 0.157. The van der Waals surface area contributed by atoms with Gasteiger partial charge in [0.1, 0.15) is 6.61 Å². The average Bonchev–Trinajstić information content (AvgIpc) is 2.66. The fourth-order valence-electron chi connectivity index (χ4n) is 2.16. The van der Waals surface area contributed by atoms with Gasteiger partial charge < -0.3 is 18.9 Å². The summed E-state index contributed by atoms with van der Waals surface area (Å²) in [5, 5.41) is 0. The minimum atomic E-state index is -0.472. The molecule has 0 N–H and O–H groups in total. The van der Waals surface area contributed by atoms with Gasteiger partial charge in [0, 0.05) is 0 Å². The Kier molecular flexibility index (Phi) is 6.39. The van der Waals surface area contributed by atoms with E-state index in [1.165, 1.54) is 14.2 Å². The van der Waals surface area contributed by atoms with E-state index in [0.717, 1.165) is 5.56 Å². The van der Waals surface area contributed by atoms with Crippen LogP contribution in [0.5, 0.6) is 11.5 Å². The van der Waals surface area contributed by atoms with E-state index in [1.807, 2.05) is 6.92 Å². The Morgan fingerprint density at radius 1 is 0.880 bits per heavy atom. The lowest BCUT2D eigenvalue weighted by Gasteiger charge is -2.11. The van der Waals surface area contributed by atoms with Crippen LogP contribution in [-0.4, -0.2) is 32.8 Å². The second-order valence-corrected chi connectivity index (χ2v) is 5.06. The van der Waals surface area contributed by atoms with Gasteiger partial charge in [-0.3, -0.25) is 0 Å². The molecule has 0 saturated carbocycles. The van der Waals surface area contributed by atoms with E-state index in [9.17, 15) is 9.59 Å². The van der Waals surface area contributed by atoms with Crippen LogP contribution in [0.2, 0.25) is 0 Å². The molecule has 0 heterocycles. The molecule has 0 aliphatic rings. The Balaban J connectivity index is 2.02. The first-order chi connectivity index (χ1) is 12.1. The van der Waals surface area contributed by atoms with E-state index in [4.69, 9.17) is 14.2 Å². The van der Waals surface area contributed by atoms with Gasteiger partial charge in [0.25, 0.3) is 0 Å². The molecular weight excluding hydrogens is 324 g/mol. The van der Waals surface area contributed by atoms with Crippen molar-refractivity contribution in [2.75, 3.05) is 20.8 Å². The summed E-state index contributed by atoms with van der Waals surface area (Å²) in [4.78, 5) is 23.6. The number of esters is 2. The Labute approximate surface area is 146 Å². The lowest BCUT2D eigenvalue weighted by molar-refractivity contribution is 0.0471. The fourth-order valence-corrected chi connectivity index (χ4v) is 2.16. The highest BCUT2D eigenvalue weighted by Crippen LogP contribution is 2.28. The third-order valence-electron chi connectivity index (χ3n) is 3.44. The molecule has 0 aromatic heterocycles. The standard InChI is InChI=1S/C19H20O6/c1-4-24-17-11-15(9-10-16(17)22-2)19(21)25-12-13-5-7-14(8-6-13)18(20)23-3/h5-11H,4,12H2,1-3H3. The van der Waals surface area contributed by atoms with Crippen LogP contribution < -0.4 is 9.47 Å². The van der Waals surface area contributed by atoms with E-state index in [0.29, 0.717) is 29.2 Å². The van der Waals surface area contributed by atoms with Crippen LogP contribution in [0.25, 0.3) is 0 Å². The number of ether oxygens (including phenoxy) is 4. The molecule has 2 aromatic carbocycles. The number of carbonyl (C=O) groups excluding carboxylic acids is 2. The number of carbonyl (C=O) groups is 2. The zero-order valence-electron chi connectivity index (χ0n) is 14.4. The zero-order valence-corrected chi connectivity index (χ0v) is 14.4. The predicted molar refractivity (Wildman–Crippen MR) is 91.1 cm³/mol. The molecule has 132 valence electrons. The van der Waals surface area contributed by atoms with Crippen molar-refractivity contribution in [3.8, 4) is 11.5 Å². The highest BCUT2D eigenvalue weighted by molar-refractivity contribution is 5.90. The number of hydrogen-bond acceptors (Lipinski definition) is 6. The van der Waals surface area contributed by atoms with Crippen LogP contribution in [0.15, 0.2) is 42.5 Å².